The van der Waals surface area contributed by atoms with Crippen molar-refractivity contribution in [2.24, 2.45) is 0 Å². The smallest absolute Gasteiger partial charge is 0.138 e. The van der Waals surface area contributed by atoms with E-state index in [1.807, 2.05) is 17.7 Å². The first-order valence-corrected chi connectivity index (χ1v) is 6.31. The Kier molecular flexibility index (Phi) is 3.68. The second-order valence-corrected chi connectivity index (χ2v) is 4.84. The fraction of sp³-hybridized carbons (Fsp3) is 0.250. The quantitative estimate of drug-likeness (QED) is 0.671. The topological polar surface area (TPSA) is 43.8 Å². The Hall–Kier alpha value is -1.49. The van der Waals surface area contributed by atoms with Gasteiger partial charge in [-0.3, -0.25) is 0 Å². The van der Waals surface area contributed by atoms with Crippen LogP contribution in [0.2, 0.25) is 0 Å². The Bertz CT molecular complexity index is 510. The van der Waals surface area contributed by atoms with Gasteiger partial charge in [0.15, 0.2) is 0 Å². The predicted molar refractivity (Wildman–Crippen MR) is 68.5 cm³/mol. The number of imidazole rings is 1. The van der Waals surface area contributed by atoms with Crippen molar-refractivity contribution in [2.45, 2.75) is 18.4 Å². The van der Waals surface area contributed by atoms with Gasteiger partial charge >= 0.3 is 0 Å². The lowest BCUT2D eigenvalue weighted by Crippen LogP contribution is -2.01. The number of hydrogen-bond donors (Lipinski definition) is 1. The number of nitrogens with zero attached hydrogens (tertiary/aromatic N) is 2. The second kappa shape index (κ2) is 5.23. The van der Waals surface area contributed by atoms with Crippen LogP contribution in [-0.4, -0.2) is 15.3 Å². The molecule has 0 aliphatic heterocycles. The lowest BCUT2D eigenvalue weighted by Gasteiger charge is -2.06. The number of halogens is 1. The minimum absolute atomic E-state index is 0.252. The van der Waals surface area contributed by atoms with Gasteiger partial charge in [-0.25, -0.2) is 9.37 Å². The van der Waals surface area contributed by atoms with Gasteiger partial charge in [0, 0.05) is 35.3 Å². The highest BCUT2D eigenvalue weighted by Gasteiger charge is 2.03. The van der Waals surface area contributed by atoms with E-state index in [0.29, 0.717) is 10.6 Å². The SMILES string of the molecule is Cc1nccn1CCSc1ccc(N)cc1F. The lowest BCUT2D eigenvalue weighted by molar-refractivity contribution is 0.602. The Morgan fingerprint density at radius 3 is 2.94 bits per heavy atom. The van der Waals surface area contributed by atoms with Crippen molar-refractivity contribution in [2.75, 3.05) is 11.5 Å². The Labute approximate surface area is 104 Å². The molecule has 90 valence electrons. The molecule has 1 heterocycles. The van der Waals surface area contributed by atoms with Crippen molar-refractivity contribution in [1.82, 2.24) is 9.55 Å². The van der Waals surface area contributed by atoms with Crippen LogP contribution < -0.4 is 5.73 Å². The van der Waals surface area contributed by atoms with Gasteiger partial charge in [0.1, 0.15) is 11.6 Å². The summed E-state index contributed by atoms with van der Waals surface area (Å²) >= 11 is 1.48. The number of nitrogen functional groups attached to an aromatic ring is 1. The standard InChI is InChI=1S/C12H14FN3S/c1-9-15-4-5-16(9)6-7-17-12-3-2-10(14)8-11(12)13/h2-5,8H,6-7,14H2,1H3. The summed E-state index contributed by atoms with van der Waals surface area (Å²) < 4.78 is 15.5. The molecule has 0 bridgehead atoms. The van der Waals surface area contributed by atoms with Crippen LogP contribution in [0.25, 0.3) is 0 Å². The van der Waals surface area contributed by atoms with Crippen molar-refractivity contribution in [3.8, 4) is 0 Å². The van der Waals surface area contributed by atoms with Crippen molar-refractivity contribution in [3.05, 3.63) is 42.2 Å². The Morgan fingerprint density at radius 1 is 1.47 bits per heavy atom. The Balaban J connectivity index is 1.92. The molecule has 0 saturated heterocycles. The van der Waals surface area contributed by atoms with E-state index in [0.717, 1.165) is 18.1 Å². The molecule has 0 fully saturated rings. The van der Waals surface area contributed by atoms with Crippen LogP contribution in [0.3, 0.4) is 0 Å². The van der Waals surface area contributed by atoms with E-state index in [4.69, 9.17) is 5.73 Å². The third-order valence-electron chi connectivity index (χ3n) is 2.47. The molecule has 17 heavy (non-hydrogen) atoms. The van der Waals surface area contributed by atoms with E-state index >= 15 is 0 Å². The van der Waals surface area contributed by atoms with E-state index in [1.165, 1.54) is 17.8 Å². The van der Waals surface area contributed by atoms with Gasteiger partial charge in [-0.05, 0) is 25.1 Å². The molecule has 5 heteroatoms. The predicted octanol–water partition coefficient (Wildman–Crippen LogP) is 2.71. The normalized spacial score (nSPS) is 10.7. The van der Waals surface area contributed by atoms with Gasteiger partial charge in [0.25, 0.3) is 0 Å². The number of anilines is 1. The van der Waals surface area contributed by atoms with E-state index < -0.39 is 0 Å². The van der Waals surface area contributed by atoms with Crippen molar-refractivity contribution in [3.63, 3.8) is 0 Å². The molecule has 2 rings (SSSR count). The molecule has 0 unspecified atom stereocenters. The van der Waals surface area contributed by atoms with Crippen LogP contribution in [0.15, 0.2) is 35.5 Å². The van der Waals surface area contributed by atoms with Crippen molar-refractivity contribution in [1.29, 1.82) is 0 Å². The third kappa shape index (κ3) is 3.00. The van der Waals surface area contributed by atoms with E-state index in [1.54, 1.807) is 18.3 Å². The zero-order chi connectivity index (χ0) is 12.3. The zero-order valence-corrected chi connectivity index (χ0v) is 10.4. The van der Waals surface area contributed by atoms with Gasteiger partial charge in [-0.15, -0.1) is 11.8 Å². The van der Waals surface area contributed by atoms with Crippen molar-refractivity contribution < 1.29 is 4.39 Å². The summed E-state index contributed by atoms with van der Waals surface area (Å²) in [6, 6.07) is 4.79. The summed E-state index contributed by atoms with van der Waals surface area (Å²) in [5, 5.41) is 0. The Morgan fingerprint density at radius 2 is 2.29 bits per heavy atom. The summed E-state index contributed by atoms with van der Waals surface area (Å²) in [6.45, 7) is 2.77. The molecule has 3 nitrogen and oxygen atoms in total. The largest absolute Gasteiger partial charge is 0.399 e. The fourth-order valence-electron chi connectivity index (χ4n) is 1.53. The molecule has 0 amide bonds. The molecule has 0 atom stereocenters. The highest BCUT2D eigenvalue weighted by Crippen LogP contribution is 2.23. The number of rotatable bonds is 4. The molecular weight excluding hydrogens is 237 g/mol. The first kappa shape index (κ1) is 12.0. The minimum atomic E-state index is -0.252. The average molecular weight is 251 g/mol. The minimum Gasteiger partial charge on any atom is -0.399 e. The second-order valence-electron chi connectivity index (χ2n) is 3.71. The number of aryl methyl sites for hydroxylation is 2. The summed E-state index contributed by atoms with van der Waals surface area (Å²) in [5.74, 6) is 1.53. The van der Waals surface area contributed by atoms with Crippen LogP contribution in [0.1, 0.15) is 5.82 Å². The van der Waals surface area contributed by atoms with E-state index in [-0.39, 0.29) is 5.82 Å². The number of thioether (sulfide) groups is 1. The number of hydrogen-bond acceptors (Lipinski definition) is 3. The first-order chi connectivity index (χ1) is 8.16. The van der Waals surface area contributed by atoms with Crippen LogP contribution in [0.5, 0.6) is 0 Å². The molecule has 2 aromatic rings. The summed E-state index contributed by atoms with van der Waals surface area (Å²) in [7, 11) is 0. The first-order valence-electron chi connectivity index (χ1n) is 5.32. The van der Waals surface area contributed by atoms with Crippen LogP contribution in [0, 0.1) is 12.7 Å². The molecular formula is C12H14FN3S. The fourth-order valence-corrected chi connectivity index (χ4v) is 2.40. The highest BCUT2D eigenvalue weighted by atomic mass is 32.2. The zero-order valence-electron chi connectivity index (χ0n) is 9.56. The maximum Gasteiger partial charge on any atom is 0.138 e. The monoisotopic (exact) mass is 251 g/mol. The van der Waals surface area contributed by atoms with Gasteiger partial charge in [0.2, 0.25) is 0 Å². The molecule has 0 aliphatic carbocycles. The van der Waals surface area contributed by atoms with Gasteiger partial charge in [-0.2, -0.15) is 0 Å². The molecule has 2 N–H and O–H groups in total. The summed E-state index contributed by atoms with van der Waals surface area (Å²) in [6.07, 6.45) is 3.69. The molecule has 1 aromatic carbocycles. The third-order valence-corrected chi connectivity index (χ3v) is 3.50. The van der Waals surface area contributed by atoms with E-state index in [2.05, 4.69) is 4.98 Å². The summed E-state index contributed by atoms with van der Waals surface area (Å²) in [4.78, 5) is 4.77. The molecule has 1 aromatic heterocycles. The number of aromatic nitrogens is 2. The van der Waals surface area contributed by atoms with Crippen LogP contribution >= 0.6 is 11.8 Å². The molecule has 0 spiro atoms. The highest BCUT2D eigenvalue weighted by molar-refractivity contribution is 7.99. The average Bonchev–Trinajstić information content (AvgIpc) is 2.68. The lowest BCUT2D eigenvalue weighted by atomic mass is 10.3. The molecule has 0 saturated carbocycles. The van der Waals surface area contributed by atoms with Gasteiger partial charge in [-0.1, -0.05) is 0 Å². The maximum absolute atomic E-state index is 13.5. The van der Waals surface area contributed by atoms with Crippen LogP contribution in [-0.2, 0) is 6.54 Å². The summed E-state index contributed by atoms with van der Waals surface area (Å²) in [5.41, 5.74) is 5.95. The van der Waals surface area contributed by atoms with E-state index in [9.17, 15) is 4.39 Å². The van der Waals surface area contributed by atoms with Crippen LogP contribution in [0.4, 0.5) is 10.1 Å². The number of benzene rings is 1. The van der Waals surface area contributed by atoms with Gasteiger partial charge in [0.05, 0.1) is 0 Å². The maximum atomic E-state index is 13.5. The van der Waals surface area contributed by atoms with Crippen molar-refractivity contribution >= 4 is 17.4 Å². The molecule has 0 aliphatic rings. The molecule has 0 radical (unpaired) electrons. The number of nitrogens with two attached hydrogens (primary N) is 1. The van der Waals surface area contributed by atoms with Gasteiger partial charge < -0.3 is 10.3 Å².